The summed E-state index contributed by atoms with van der Waals surface area (Å²) in [5.74, 6) is 0.361. The number of unbranched alkanes of at least 4 members (excludes halogenated alkanes) is 3. The Labute approximate surface area is 121 Å². The van der Waals surface area contributed by atoms with Gasteiger partial charge in [-0.05, 0) is 18.8 Å². The Bertz CT molecular complexity index is 318. The molecule has 0 bridgehead atoms. The lowest BCUT2D eigenvalue weighted by Crippen LogP contribution is -2.34. The van der Waals surface area contributed by atoms with Crippen LogP contribution in [-0.4, -0.2) is 48.1 Å². The monoisotopic (exact) mass is 284 g/mol. The number of aliphatic hydroxyl groups excluding tert-OH is 1. The molecule has 1 aliphatic heterocycles. The predicted molar refractivity (Wildman–Crippen MR) is 78.1 cm³/mol. The van der Waals surface area contributed by atoms with Crippen LogP contribution in [0.5, 0.6) is 0 Å². The van der Waals surface area contributed by atoms with Crippen LogP contribution in [0, 0.1) is 11.8 Å². The van der Waals surface area contributed by atoms with Crippen LogP contribution in [-0.2, 0) is 9.59 Å². The fraction of sp³-hybridized carbons (Fsp3) is 0.867. The van der Waals surface area contributed by atoms with Crippen LogP contribution in [0.3, 0.4) is 0 Å². The van der Waals surface area contributed by atoms with Crippen LogP contribution in [0.25, 0.3) is 0 Å². The van der Waals surface area contributed by atoms with E-state index >= 15 is 0 Å². The summed E-state index contributed by atoms with van der Waals surface area (Å²) in [5, 5.41) is 11.6. The summed E-state index contributed by atoms with van der Waals surface area (Å²) in [6, 6.07) is 0. The topological polar surface area (TPSA) is 69.6 Å². The highest BCUT2D eigenvalue weighted by Crippen LogP contribution is 2.19. The van der Waals surface area contributed by atoms with Gasteiger partial charge in [0, 0.05) is 32.7 Å². The maximum absolute atomic E-state index is 12.0. The van der Waals surface area contributed by atoms with E-state index in [1.54, 1.807) is 4.90 Å². The van der Waals surface area contributed by atoms with Gasteiger partial charge < -0.3 is 15.3 Å². The Morgan fingerprint density at radius 2 is 2.05 bits per heavy atom. The van der Waals surface area contributed by atoms with Crippen LogP contribution in [0.15, 0.2) is 0 Å². The average molecular weight is 284 g/mol. The van der Waals surface area contributed by atoms with Crippen molar-refractivity contribution in [3.63, 3.8) is 0 Å². The highest BCUT2D eigenvalue weighted by molar-refractivity contribution is 5.89. The zero-order chi connectivity index (χ0) is 15.0. The van der Waals surface area contributed by atoms with Crippen molar-refractivity contribution in [1.29, 1.82) is 0 Å². The average Bonchev–Trinajstić information content (AvgIpc) is 2.74. The number of nitrogens with zero attached hydrogens (tertiary/aromatic N) is 1. The van der Waals surface area contributed by atoms with Gasteiger partial charge in [-0.1, -0.05) is 26.7 Å². The van der Waals surface area contributed by atoms with Crippen molar-refractivity contribution in [3.8, 4) is 0 Å². The highest BCUT2D eigenvalue weighted by Gasteiger charge is 2.34. The van der Waals surface area contributed by atoms with E-state index in [0.717, 1.165) is 32.2 Å². The second-order valence-corrected chi connectivity index (χ2v) is 6.02. The fourth-order valence-corrected chi connectivity index (χ4v) is 2.51. The minimum absolute atomic E-state index is 0.00626. The summed E-state index contributed by atoms with van der Waals surface area (Å²) >= 11 is 0. The first kappa shape index (κ1) is 17.0. The summed E-state index contributed by atoms with van der Waals surface area (Å²) in [7, 11) is 0. The van der Waals surface area contributed by atoms with Gasteiger partial charge in [-0.2, -0.15) is 0 Å². The molecule has 0 aromatic heterocycles. The van der Waals surface area contributed by atoms with Crippen molar-refractivity contribution in [3.05, 3.63) is 0 Å². The van der Waals surface area contributed by atoms with Crippen molar-refractivity contribution < 1.29 is 14.7 Å². The van der Waals surface area contributed by atoms with Gasteiger partial charge in [-0.15, -0.1) is 0 Å². The maximum Gasteiger partial charge on any atom is 0.225 e. The Hall–Kier alpha value is -1.10. The summed E-state index contributed by atoms with van der Waals surface area (Å²) in [4.78, 5) is 25.6. The number of nitrogens with one attached hydrogen (secondary N) is 1. The molecule has 1 aliphatic rings. The molecule has 20 heavy (non-hydrogen) atoms. The molecule has 0 aromatic rings. The molecule has 1 atom stereocenters. The molecule has 1 heterocycles. The number of amides is 2. The molecular formula is C15H28N2O3. The van der Waals surface area contributed by atoms with Crippen LogP contribution in [0.2, 0.25) is 0 Å². The van der Waals surface area contributed by atoms with Gasteiger partial charge in [0.05, 0.1) is 5.92 Å². The van der Waals surface area contributed by atoms with Gasteiger partial charge in [-0.3, -0.25) is 9.59 Å². The lowest BCUT2D eigenvalue weighted by Gasteiger charge is -2.18. The van der Waals surface area contributed by atoms with Crippen molar-refractivity contribution in [2.24, 2.45) is 11.8 Å². The number of rotatable bonds is 9. The zero-order valence-electron chi connectivity index (χ0n) is 12.7. The predicted octanol–water partition coefficient (Wildman–Crippen LogP) is 1.16. The first-order chi connectivity index (χ1) is 9.54. The van der Waals surface area contributed by atoms with E-state index in [-0.39, 0.29) is 24.3 Å². The Morgan fingerprint density at radius 1 is 1.35 bits per heavy atom. The molecule has 1 saturated heterocycles. The van der Waals surface area contributed by atoms with Crippen molar-refractivity contribution >= 4 is 11.8 Å². The van der Waals surface area contributed by atoms with E-state index in [4.69, 9.17) is 5.11 Å². The van der Waals surface area contributed by atoms with E-state index in [0.29, 0.717) is 25.4 Å². The third-order valence-electron chi connectivity index (χ3n) is 3.55. The summed E-state index contributed by atoms with van der Waals surface area (Å²) in [6.45, 7) is 6.36. The van der Waals surface area contributed by atoms with Crippen LogP contribution < -0.4 is 5.32 Å². The molecule has 5 heteroatoms. The summed E-state index contributed by atoms with van der Waals surface area (Å²) in [6.07, 6.45) is 4.13. The van der Waals surface area contributed by atoms with Crippen molar-refractivity contribution in [2.75, 3.05) is 26.2 Å². The maximum atomic E-state index is 12.0. The first-order valence-corrected chi connectivity index (χ1v) is 7.71. The molecule has 2 amide bonds. The number of carbonyl (C=O) groups is 2. The minimum atomic E-state index is -0.182. The number of hydrogen-bond acceptors (Lipinski definition) is 3. The normalized spacial score (nSPS) is 18.9. The molecule has 1 rings (SSSR count). The second kappa shape index (κ2) is 8.95. The number of carbonyl (C=O) groups excluding carboxylic acids is 2. The van der Waals surface area contributed by atoms with E-state index in [9.17, 15) is 9.59 Å². The third kappa shape index (κ3) is 5.90. The summed E-state index contributed by atoms with van der Waals surface area (Å²) < 4.78 is 0. The minimum Gasteiger partial charge on any atom is -0.396 e. The van der Waals surface area contributed by atoms with E-state index in [2.05, 4.69) is 19.2 Å². The Kier molecular flexibility index (Phi) is 7.59. The summed E-state index contributed by atoms with van der Waals surface area (Å²) in [5.41, 5.74) is 0. The van der Waals surface area contributed by atoms with Crippen LogP contribution >= 0.6 is 0 Å². The number of likely N-dealkylation sites (tertiary alicyclic amines) is 1. The molecule has 0 saturated carbocycles. The van der Waals surface area contributed by atoms with Gasteiger partial charge in [0.2, 0.25) is 11.8 Å². The van der Waals surface area contributed by atoms with Gasteiger partial charge in [0.15, 0.2) is 0 Å². The molecule has 0 aromatic carbocycles. The number of aliphatic hydroxyl groups is 1. The molecule has 116 valence electrons. The number of hydrogen-bond donors (Lipinski definition) is 2. The molecular weight excluding hydrogens is 256 g/mol. The van der Waals surface area contributed by atoms with Crippen molar-refractivity contribution in [2.45, 2.75) is 46.0 Å². The van der Waals surface area contributed by atoms with E-state index < -0.39 is 0 Å². The van der Waals surface area contributed by atoms with Gasteiger partial charge >= 0.3 is 0 Å². The van der Waals surface area contributed by atoms with E-state index in [1.165, 1.54) is 0 Å². The molecule has 0 spiro atoms. The molecule has 5 nitrogen and oxygen atoms in total. The molecule has 2 N–H and O–H groups in total. The standard InChI is InChI=1S/C15H28N2O3/c1-12(2)10-17-11-13(9-14(17)19)15(20)16-7-5-3-4-6-8-18/h12-13,18H,3-11H2,1-2H3,(H,16,20). The third-order valence-corrected chi connectivity index (χ3v) is 3.55. The van der Waals surface area contributed by atoms with Gasteiger partial charge in [0.25, 0.3) is 0 Å². The molecule has 0 radical (unpaired) electrons. The SMILES string of the molecule is CC(C)CN1CC(C(=O)NCCCCCCO)CC1=O. The van der Waals surface area contributed by atoms with Crippen LogP contribution in [0.1, 0.15) is 46.0 Å². The Balaban J connectivity index is 2.19. The van der Waals surface area contributed by atoms with Crippen molar-refractivity contribution in [1.82, 2.24) is 10.2 Å². The van der Waals surface area contributed by atoms with E-state index in [1.807, 2.05) is 0 Å². The first-order valence-electron chi connectivity index (χ1n) is 7.71. The van der Waals surface area contributed by atoms with Gasteiger partial charge in [0.1, 0.15) is 0 Å². The second-order valence-electron chi connectivity index (χ2n) is 6.02. The lowest BCUT2D eigenvalue weighted by molar-refractivity contribution is -0.129. The highest BCUT2D eigenvalue weighted by atomic mass is 16.3. The zero-order valence-corrected chi connectivity index (χ0v) is 12.7. The lowest BCUT2D eigenvalue weighted by atomic mass is 10.1. The quantitative estimate of drug-likeness (QED) is 0.624. The Morgan fingerprint density at radius 3 is 2.70 bits per heavy atom. The molecule has 1 unspecified atom stereocenters. The fourth-order valence-electron chi connectivity index (χ4n) is 2.51. The molecule has 0 aliphatic carbocycles. The van der Waals surface area contributed by atoms with Gasteiger partial charge in [-0.25, -0.2) is 0 Å². The molecule has 1 fully saturated rings. The van der Waals surface area contributed by atoms with Crippen LogP contribution in [0.4, 0.5) is 0 Å². The smallest absolute Gasteiger partial charge is 0.225 e. The largest absolute Gasteiger partial charge is 0.396 e.